The number of thiophene rings is 1. The summed E-state index contributed by atoms with van der Waals surface area (Å²) in [6, 6.07) is 6.67. The summed E-state index contributed by atoms with van der Waals surface area (Å²) in [5.74, 6) is -0.345. The van der Waals surface area contributed by atoms with Crippen LogP contribution in [0.4, 0.5) is 5.00 Å². The Morgan fingerprint density at radius 2 is 2.00 bits per heavy atom. The summed E-state index contributed by atoms with van der Waals surface area (Å²) < 4.78 is 10.5. The first kappa shape index (κ1) is 20.6. The summed E-state index contributed by atoms with van der Waals surface area (Å²) in [5, 5.41) is 3.73. The lowest BCUT2D eigenvalue weighted by molar-refractivity contribution is -0.118. The van der Waals surface area contributed by atoms with Crippen LogP contribution in [0, 0.1) is 0 Å². The maximum atomic E-state index is 12.2. The average molecular weight is 416 g/mol. The topological polar surface area (TPSA) is 64.6 Å². The fraction of sp³-hybridized carbons (Fsp3) is 0.333. The molecule has 0 unspecified atom stereocenters. The smallest absolute Gasteiger partial charge is 0.341 e. The molecule has 0 radical (unpaired) electrons. The lowest BCUT2D eigenvalue weighted by Crippen LogP contribution is -2.21. The van der Waals surface area contributed by atoms with E-state index in [9.17, 15) is 9.59 Å². The van der Waals surface area contributed by atoms with Crippen LogP contribution in [0.15, 0.2) is 24.3 Å². The Morgan fingerprint density at radius 1 is 1.27 bits per heavy atom. The maximum absolute atomic E-state index is 12.2. The fourth-order valence-corrected chi connectivity index (χ4v) is 3.46. The molecule has 0 spiro atoms. The largest absolute Gasteiger partial charge is 0.482 e. The minimum atomic E-state index is -0.468. The van der Waals surface area contributed by atoms with Crippen LogP contribution < -0.4 is 10.1 Å². The van der Waals surface area contributed by atoms with Gasteiger partial charge in [0.05, 0.1) is 17.2 Å². The van der Waals surface area contributed by atoms with Crippen molar-refractivity contribution in [1.29, 1.82) is 0 Å². The van der Waals surface area contributed by atoms with E-state index >= 15 is 0 Å². The van der Waals surface area contributed by atoms with Crippen molar-refractivity contribution in [1.82, 2.24) is 0 Å². The number of rotatable bonds is 7. The van der Waals surface area contributed by atoms with Crippen molar-refractivity contribution >= 4 is 51.4 Å². The van der Waals surface area contributed by atoms with Crippen LogP contribution >= 0.6 is 34.5 Å². The highest BCUT2D eigenvalue weighted by atomic mass is 35.5. The van der Waals surface area contributed by atoms with E-state index in [2.05, 4.69) is 5.32 Å². The minimum Gasteiger partial charge on any atom is -0.482 e. The maximum Gasteiger partial charge on any atom is 0.341 e. The molecule has 1 heterocycles. The molecule has 1 N–H and O–H groups in total. The standard InChI is InChI=1S/C18H19Cl2NO4S/c1-4-24-18(23)11-8-14(10(2)3)26-17(11)21-15(22)9-25-13-7-5-6-12(19)16(13)20/h5-8,10H,4,9H2,1-3H3,(H,21,22). The van der Waals surface area contributed by atoms with Crippen LogP contribution in [-0.2, 0) is 9.53 Å². The van der Waals surface area contributed by atoms with Crippen molar-refractivity contribution in [3.63, 3.8) is 0 Å². The second kappa shape index (κ2) is 9.26. The zero-order chi connectivity index (χ0) is 19.3. The SMILES string of the molecule is CCOC(=O)c1cc(C(C)C)sc1NC(=O)COc1cccc(Cl)c1Cl. The van der Waals surface area contributed by atoms with E-state index in [1.807, 2.05) is 13.8 Å². The van der Waals surface area contributed by atoms with Crippen molar-refractivity contribution in [2.75, 3.05) is 18.5 Å². The Labute approximate surface area is 166 Å². The van der Waals surface area contributed by atoms with E-state index in [0.717, 1.165) is 4.88 Å². The van der Waals surface area contributed by atoms with Crippen molar-refractivity contribution in [3.8, 4) is 5.75 Å². The van der Waals surface area contributed by atoms with Gasteiger partial charge in [-0.25, -0.2) is 4.79 Å². The number of ether oxygens (including phenoxy) is 2. The zero-order valence-electron chi connectivity index (χ0n) is 14.6. The molecule has 2 rings (SSSR count). The summed E-state index contributed by atoms with van der Waals surface area (Å²) in [5.41, 5.74) is 0.342. The zero-order valence-corrected chi connectivity index (χ0v) is 16.9. The highest BCUT2D eigenvalue weighted by molar-refractivity contribution is 7.16. The van der Waals surface area contributed by atoms with Gasteiger partial charge >= 0.3 is 5.97 Å². The van der Waals surface area contributed by atoms with E-state index in [0.29, 0.717) is 21.3 Å². The average Bonchev–Trinajstić information content (AvgIpc) is 3.00. The van der Waals surface area contributed by atoms with Crippen LogP contribution in [0.2, 0.25) is 10.0 Å². The lowest BCUT2D eigenvalue weighted by Gasteiger charge is -2.09. The van der Waals surface area contributed by atoms with E-state index in [1.165, 1.54) is 11.3 Å². The molecule has 0 aliphatic carbocycles. The predicted molar refractivity (Wildman–Crippen MR) is 105 cm³/mol. The molecule has 0 aliphatic rings. The van der Waals surface area contributed by atoms with Crippen LogP contribution in [0.5, 0.6) is 5.75 Å². The summed E-state index contributed by atoms with van der Waals surface area (Å²) in [6.45, 7) is 5.74. The number of carbonyl (C=O) groups excluding carboxylic acids is 2. The van der Waals surface area contributed by atoms with Crippen molar-refractivity contribution in [2.24, 2.45) is 0 Å². The minimum absolute atomic E-state index is 0.223. The normalized spacial score (nSPS) is 10.7. The van der Waals surface area contributed by atoms with Gasteiger partial charge in [0.2, 0.25) is 0 Å². The molecule has 0 fully saturated rings. The number of hydrogen-bond donors (Lipinski definition) is 1. The van der Waals surface area contributed by atoms with Crippen LogP contribution in [0.1, 0.15) is 41.9 Å². The molecular formula is C18H19Cl2NO4S. The Hall–Kier alpha value is -1.76. The van der Waals surface area contributed by atoms with Gasteiger partial charge in [0, 0.05) is 4.88 Å². The predicted octanol–water partition coefficient (Wildman–Crippen LogP) is 5.37. The molecule has 1 aromatic carbocycles. The Kier molecular flexibility index (Phi) is 7.32. The van der Waals surface area contributed by atoms with E-state index in [1.54, 1.807) is 31.2 Å². The van der Waals surface area contributed by atoms with E-state index < -0.39 is 11.9 Å². The number of anilines is 1. The van der Waals surface area contributed by atoms with Gasteiger partial charge in [0.15, 0.2) is 6.61 Å². The molecule has 8 heteroatoms. The third kappa shape index (κ3) is 5.13. The molecule has 26 heavy (non-hydrogen) atoms. The van der Waals surface area contributed by atoms with Gasteiger partial charge in [0.25, 0.3) is 5.91 Å². The first-order valence-corrected chi connectivity index (χ1v) is 9.58. The molecule has 0 saturated heterocycles. The molecule has 0 saturated carbocycles. The summed E-state index contributed by atoms with van der Waals surface area (Å²) in [4.78, 5) is 25.3. The molecule has 0 aliphatic heterocycles. The fourth-order valence-electron chi connectivity index (χ4n) is 2.05. The number of halogens is 2. The van der Waals surface area contributed by atoms with Crippen LogP contribution in [0.3, 0.4) is 0 Å². The van der Waals surface area contributed by atoms with Crippen molar-refractivity contribution in [2.45, 2.75) is 26.7 Å². The van der Waals surface area contributed by atoms with Crippen molar-refractivity contribution in [3.05, 3.63) is 44.8 Å². The van der Waals surface area contributed by atoms with Gasteiger partial charge in [-0.15, -0.1) is 11.3 Å². The molecule has 140 valence electrons. The molecule has 1 amide bonds. The lowest BCUT2D eigenvalue weighted by atomic mass is 10.1. The monoisotopic (exact) mass is 415 g/mol. The summed E-state index contributed by atoms with van der Waals surface area (Å²) in [6.07, 6.45) is 0. The molecule has 0 bridgehead atoms. The van der Waals surface area contributed by atoms with Gasteiger partial charge in [0.1, 0.15) is 15.8 Å². The van der Waals surface area contributed by atoms with Gasteiger partial charge in [-0.1, -0.05) is 43.1 Å². The van der Waals surface area contributed by atoms with Crippen LogP contribution in [0.25, 0.3) is 0 Å². The quantitative estimate of drug-likeness (QED) is 0.616. The number of amides is 1. The third-order valence-electron chi connectivity index (χ3n) is 3.34. The molecule has 1 aromatic heterocycles. The van der Waals surface area contributed by atoms with Gasteiger partial charge in [-0.2, -0.15) is 0 Å². The first-order valence-electron chi connectivity index (χ1n) is 8.01. The molecule has 2 aromatic rings. The summed E-state index contributed by atoms with van der Waals surface area (Å²) >= 11 is 13.3. The molecule has 0 atom stereocenters. The van der Waals surface area contributed by atoms with Gasteiger partial charge < -0.3 is 14.8 Å². The van der Waals surface area contributed by atoms with Gasteiger partial charge in [-0.05, 0) is 31.0 Å². The third-order valence-corrected chi connectivity index (χ3v) is 5.50. The first-order chi connectivity index (χ1) is 12.3. The number of nitrogens with one attached hydrogen (secondary N) is 1. The van der Waals surface area contributed by atoms with Crippen LogP contribution in [-0.4, -0.2) is 25.1 Å². The number of benzene rings is 1. The Bertz CT molecular complexity index is 804. The Balaban J connectivity index is 2.10. The highest BCUT2D eigenvalue weighted by Gasteiger charge is 2.20. The molecular weight excluding hydrogens is 397 g/mol. The number of esters is 1. The summed E-state index contributed by atoms with van der Waals surface area (Å²) in [7, 11) is 0. The van der Waals surface area contributed by atoms with E-state index in [4.69, 9.17) is 32.7 Å². The molecule has 5 nitrogen and oxygen atoms in total. The second-order valence-corrected chi connectivity index (χ2v) is 7.52. The van der Waals surface area contributed by atoms with E-state index in [-0.39, 0.29) is 24.2 Å². The second-order valence-electron chi connectivity index (χ2n) is 5.66. The Morgan fingerprint density at radius 3 is 2.65 bits per heavy atom. The van der Waals surface area contributed by atoms with Crippen molar-refractivity contribution < 1.29 is 19.1 Å². The van der Waals surface area contributed by atoms with Gasteiger partial charge in [-0.3, -0.25) is 4.79 Å². The highest BCUT2D eigenvalue weighted by Crippen LogP contribution is 2.34. The number of hydrogen-bond acceptors (Lipinski definition) is 5. The number of carbonyl (C=O) groups is 2.